The van der Waals surface area contributed by atoms with Crippen LogP contribution in [-0.2, 0) is 17.1 Å². The summed E-state index contributed by atoms with van der Waals surface area (Å²) in [5.74, 6) is 2.11. The molecule has 0 bridgehead atoms. The fourth-order valence-electron chi connectivity index (χ4n) is 2.60. The Kier molecular flexibility index (Phi) is 5.10. The second-order valence-corrected chi connectivity index (χ2v) is 8.39. The van der Waals surface area contributed by atoms with Gasteiger partial charge in [-0.05, 0) is 6.07 Å². The van der Waals surface area contributed by atoms with Crippen LogP contribution >= 0.6 is 11.8 Å². The maximum Gasteiger partial charge on any atom is 0.259 e. The van der Waals surface area contributed by atoms with Crippen molar-refractivity contribution in [1.29, 1.82) is 0 Å². The molecular weight excluding hydrogens is 336 g/mol. The minimum atomic E-state index is -3.61. The van der Waals surface area contributed by atoms with E-state index in [4.69, 9.17) is 4.42 Å². The number of nitrogens with zero attached hydrogens (tertiary/aromatic N) is 3. The summed E-state index contributed by atoms with van der Waals surface area (Å²) in [6.07, 6.45) is 6.27. The fraction of sp³-hybridized carbons (Fsp3) is 0.500. The van der Waals surface area contributed by atoms with Crippen molar-refractivity contribution in [3.05, 3.63) is 36.7 Å². The van der Waals surface area contributed by atoms with Crippen molar-refractivity contribution >= 4 is 21.8 Å². The van der Waals surface area contributed by atoms with Gasteiger partial charge in [0.1, 0.15) is 0 Å². The lowest BCUT2D eigenvalue weighted by molar-refractivity contribution is 0.218. The van der Waals surface area contributed by atoms with Gasteiger partial charge in [-0.25, -0.2) is 18.1 Å². The molecule has 0 aromatic carbocycles. The smallest absolute Gasteiger partial charge is 0.259 e. The molecule has 23 heavy (non-hydrogen) atoms. The second-order valence-electron chi connectivity index (χ2n) is 5.45. The van der Waals surface area contributed by atoms with Gasteiger partial charge in [0.2, 0.25) is 0 Å². The van der Waals surface area contributed by atoms with E-state index in [1.165, 1.54) is 12.5 Å². The van der Waals surface area contributed by atoms with Crippen LogP contribution in [0.15, 0.2) is 40.6 Å². The van der Waals surface area contributed by atoms with Gasteiger partial charge in [-0.3, -0.25) is 4.90 Å². The van der Waals surface area contributed by atoms with Crippen LogP contribution in [-0.4, -0.2) is 54.0 Å². The Bertz CT molecular complexity index is 721. The zero-order valence-electron chi connectivity index (χ0n) is 12.9. The Labute approximate surface area is 140 Å². The Balaban J connectivity index is 1.73. The molecule has 1 fully saturated rings. The van der Waals surface area contributed by atoms with Gasteiger partial charge in [-0.1, -0.05) is 0 Å². The summed E-state index contributed by atoms with van der Waals surface area (Å²) in [4.78, 5) is 6.21. The minimum Gasteiger partial charge on any atom is -0.472 e. The molecule has 7 nitrogen and oxygen atoms in total. The number of aromatic nitrogens is 2. The number of rotatable bonds is 6. The largest absolute Gasteiger partial charge is 0.472 e. The predicted octanol–water partition coefficient (Wildman–Crippen LogP) is 1.08. The summed E-state index contributed by atoms with van der Waals surface area (Å²) < 4.78 is 34.2. The molecule has 0 amide bonds. The fourth-order valence-corrected chi connectivity index (χ4v) is 4.55. The van der Waals surface area contributed by atoms with Gasteiger partial charge in [0.05, 0.1) is 24.9 Å². The molecule has 0 radical (unpaired) electrons. The molecule has 126 valence electrons. The number of furan rings is 1. The van der Waals surface area contributed by atoms with Crippen LogP contribution in [0, 0.1) is 0 Å². The van der Waals surface area contributed by atoms with Crippen molar-refractivity contribution in [2.45, 2.75) is 11.1 Å². The van der Waals surface area contributed by atoms with Gasteiger partial charge in [0.25, 0.3) is 10.0 Å². The third-order valence-electron chi connectivity index (χ3n) is 3.84. The van der Waals surface area contributed by atoms with E-state index in [2.05, 4.69) is 14.6 Å². The Morgan fingerprint density at radius 1 is 1.43 bits per heavy atom. The van der Waals surface area contributed by atoms with Crippen molar-refractivity contribution in [1.82, 2.24) is 19.2 Å². The number of hydrogen-bond donors (Lipinski definition) is 1. The number of thioether (sulfide) groups is 1. The normalized spacial score (nSPS) is 18.1. The van der Waals surface area contributed by atoms with Crippen LogP contribution in [0.25, 0.3) is 0 Å². The highest BCUT2D eigenvalue weighted by Gasteiger charge is 2.26. The number of aryl methyl sites for hydroxylation is 1. The molecule has 9 heteroatoms. The predicted molar refractivity (Wildman–Crippen MR) is 88.7 cm³/mol. The summed E-state index contributed by atoms with van der Waals surface area (Å²) in [5, 5.41) is 0.0418. The van der Waals surface area contributed by atoms with Crippen molar-refractivity contribution in [2.75, 3.05) is 31.1 Å². The first kappa shape index (κ1) is 16.6. The summed E-state index contributed by atoms with van der Waals surface area (Å²) in [5.41, 5.74) is 0.987. The van der Waals surface area contributed by atoms with Gasteiger partial charge in [0.15, 0.2) is 5.03 Å². The minimum absolute atomic E-state index is 0.0341. The number of sulfonamides is 1. The maximum atomic E-state index is 12.4. The van der Waals surface area contributed by atoms with Crippen LogP contribution in [0.2, 0.25) is 0 Å². The second kappa shape index (κ2) is 7.08. The summed E-state index contributed by atoms with van der Waals surface area (Å²) >= 11 is 1.92. The molecule has 1 saturated heterocycles. The SMILES string of the molecule is Cn1cnc(S(=O)(=O)NC[C@H](c2ccoc2)N2CCSCC2)c1. The van der Waals surface area contributed by atoms with E-state index in [0.717, 1.165) is 30.2 Å². The molecule has 0 saturated carbocycles. The molecule has 1 atom stereocenters. The molecule has 3 rings (SSSR count). The molecule has 0 unspecified atom stereocenters. The molecule has 0 aliphatic carbocycles. The zero-order chi connectivity index (χ0) is 16.3. The van der Waals surface area contributed by atoms with Crippen LogP contribution in [0.1, 0.15) is 11.6 Å². The summed E-state index contributed by atoms with van der Waals surface area (Å²) in [7, 11) is -1.87. The topological polar surface area (TPSA) is 80.4 Å². The molecule has 1 aliphatic heterocycles. The van der Waals surface area contributed by atoms with E-state index in [1.54, 1.807) is 24.1 Å². The molecule has 0 spiro atoms. The van der Waals surface area contributed by atoms with Crippen molar-refractivity contribution in [3.63, 3.8) is 0 Å². The highest BCUT2D eigenvalue weighted by Crippen LogP contribution is 2.24. The number of imidazole rings is 1. The highest BCUT2D eigenvalue weighted by atomic mass is 32.2. The van der Waals surface area contributed by atoms with E-state index in [1.807, 2.05) is 17.8 Å². The molecule has 1 N–H and O–H groups in total. The first-order chi connectivity index (χ1) is 11.1. The van der Waals surface area contributed by atoms with E-state index in [0.29, 0.717) is 6.54 Å². The van der Waals surface area contributed by atoms with Crippen LogP contribution < -0.4 is 4.72 Å². The van der Waals surface area contributed by atoms with E-state index >= 15 is 0 Å². The van der Waals surface area contributed by atoms with Crippen molar-refractivity contribution in [2.24, 2.45) is 7.05 Å². The Hall–Kier alpha value is -1.29. The average Bonchev–Trinajstić information content (AvgIpc) is 3.20. The van der Waals surface area contributed by atoms with Crippen LogP contribution in [0.3, 0.4) is 0 Å². The lowest BCUT2D eigenvalue weighted by atomic mass is 10.1. The third kappa shape index (κ3) is 3.97. The maximum absolute atomic E-state index is 12.4. The first-order valence-electron chi connectivity index (χ1n) is 7.38. The molecule has 1 aliphatic rings. The Morgan fingerprint density at radius 3 is 2.83 bits per heavy atom. The van der Waals surface area contributed by atoms with Gasteiger partial charge < -0.3 is 8.98 Å². The number of nitrogens with one attached hydrogen (secondary N) is 1. The standard InChI is InChI=1S/C14H20N4O3S2/c1-17-9-14(15-11-17)23(19,20)16-8-13(12-2-5-21-10-12)18-3-6-22-7-4-18/h2,5,9-11,13,16H,3-4,6-8H2,1H3/t13-/m1/s1. The lowest BCUT2D eigenvalue weighted by Crippen LogP contribution is -2.41. The lowest BCUT2D eigenvalue weighted by Gasteiger charge is -2.33. The molecule has 2 aromatic heterocycles. The van der Waals surface area contributed by atoms with Crippen LogP contribution in [0.4, 0.5) is 0 Å². The summed E-state index contributed by atoms with van der Waals surface area (Å²) in [6.45, 7) is 2.17. The van der Waals surface area contributed by atoms with Crippen LogP contribution in [0.5, 0.6) is 0 Å². The van der Waals surface area contributed by atoms with Gasteiger partial charge in [0, 0.05) is 49.9 Å². The summed E-state index contributed by atoms with van der Waals surface area (Å²) in [6, 6.07) is 1.86. The monoisotopic (exact) mass is 356 g/mol. The highest BCUT2D eigenvalue weighted by molar-refractivity contribution is 7.99. The van der Waals surface area contributed by atoms with Gasteiger partial charge in [-0.2, -0.15) is 11.8 Å². The van der Waals surface area contributed by atoms with Crippen molar-refractivity contribution in [3.8, 4) is 0 Å². The van der Waals surface area contributed by atoms with E-state index in [-0.39, 0.29) is 11.1 Å². The Morgan fingerprint density at radius 2 is 2.22 bits per heavy atom. The van der Waals surface area contributed by atoms with Gasteiger partial charge >= 0.3 is 0 Å². The average molecular weight is 356 g/mol. The third-order valence-corrected chi connectivity index (χ3v) is 6.09. The van der Waals surface area contributed by atoms with Gasteiger partial charge in [-0.15, -0.1) is 0 Å². The molecule has 2 aromatic rings. The van der Waals surface area contributed by atoms with E-state index in [9.17, 15) is 8.42 Å². The number of hydrogen-bond acceptors (Lipinski definition) is 6. The van der Waals surface area contributed by atoms with E-state index < -0.39 is 10.0 Å². The van der Waals surface area contributed by atoms with Crippen molar-refractivity contribution < 1.29 is 12.8 Å². The molecular formula is C14H20N4O3S2. The quantitative estimate of drug-likeness (QED) is 0.834. The first-order valence-corrected chi connectivity index (χ1v) is 10.0. The zero-order valence-corrected chi connectivity index (χ0v) is 14.5. The molecule has 3 heterocycles.